The Morgan fingerprint density at radius 2 is 1.96 bits per heavy atom. The predicted octanol–water partition coefficient (Wildman–Crippen LogP) is 4.59. The molecule has 0 unspecified atom stereocenters. The number of amides is 1. The van der Waals surface area contributed by atoms with Crippen LogP contribution >= 0.6 is 11.3 Å². The Hall–Kier alpha value is -2.68. The quantitative estimate of drug-likeness (QED) is 0.699. The Bertz CT molecular complexity index is 908. The maximum Gasteiger partial charge on any atom is 0.573 e. The molecule has 2 aromatic carbocycles. The number of thiazole rings is 1. The van der Waals surface area contributed by atoms with Crippen LogP contribution in [0.4, 0.5) is 22.7 Å². The molecule has 0 saturated heterocycles. The van der Waals surface area contributed by atoms with Gasteiger partial charge in [-0.1, -0.05) is 17.4 Å². The summed E-state index contributed by atoms with van der Waals surface area (Å²) in [6.45, 7) is 0. The third kappa shape index (κ3) is 3.80. The molecule has 0 spiro atoms. The maximum atomic E-state index is 13.1. The maximum absolute atomic E-state index is 13.1. The summed E-state index contributed by atoms with van der Waals surface area (Å²) in [5, 5.41) is 2.67. The van der Waals surface area contributed by atoms with Gasteiger partial charge in [-0.15, -0.1) is 13.2 Å². The zero-order valence-corrected chi connectivity index (χ0v) is 12.5. The molecule has 3 aromatic rings. The molecule has 3 rings (SSSR count). The zero-order valence-electron chi connectivity index (χ0n) is 11.7. The molecule has 1 N–H and O–H groups in total. The van der Waals surface area contributed by atoms with E-state index >= 15 is 0 Å². The van der Waals surface area contributed by atoms with E-state index in [4.69, 9.17) is 0 Å². The van der Waals surface area contributed by atoms with Crippen LogP contribution in [-0.2, 0) is 0 Å². The number of nitrogens with one attached hydrogen (secondary N) is 1. The number of nitrogens with zero attached hydrogens (tertiary/aromatic N) is 1. The number of rotatable bonds is 3. The van der Waals surface area contributed by atoms with E-state index in [0.717, 1.165) is 23.5 Å². The summed E-state index contributed by atoms with van der Waals surface area (Å²) < 4.78 is 54.0. The van der Waals surface area contributed by atoms with Crippen molar-refractivity contribution < 1.29 is 27.1 Å². The monoisotopic (exact) mass is 356 g/mol. The molecule has 1 aromatic heterocycles. The summed E-state index contributed by atoms with van der Waals surface area (Å²) in [5.74, 6) is -1.50. The van der Waals surface area contributed by atoms with Gasteiger partial charge in [0.15, 0.2) is 5.13 Å². The smallest absolute Gasteiger partial charge is 0.406 e. The van der Waals surface area contributed by atoms with E-state index in [1.807, 2.05) is 0 Å². The van der Waals surface area contributed by atoms with Crippen molar-refractivity contribution in [3.8, 4) is 5.75 Å². The second-order valence-electron chi connectivity index (χ2n) is 4.66. The number of halogens is 4. The Morgan fingerprint density at radius 1 is 1.17 bits per heavy atom. The summed E-state index contributed by atoms with van der Waals surface area (Å²) >= 11 is 0.980. The van der Waals surface area contributed by atoms with Crippen molar-refractivity contribution in [3.63, 3.8) is 0 Å². The van der Waals surface area contributed by atoms with Crippen LogP contribution in [0, 0.1) is 5.82 Å². The van der Waals surface area contributed by atoms with Crippen LogP contribution in [0.25, 0.3) is 10.2 Å². The van der Waals surface area contributed by atoms with Crippen molar-refractivity contribution in [1.29, 1.82) is 0 Å². The molecule has 0 aliphatic rings. The summed E-state index contributed by atoms with van der Waals surface area (Å²) in [4.78, 5) is 16.1. The van der Waals surface area contributed by atoms with Crippen molar-refractivity contribution >= 4 is 32.6 Å². The minimum atomic E-state index is -4.78. The van der Waals surface area contributed by atoms with E-state index in [9.17, 15) is 22.4 Å². The van der Waals surface area contributed by atoms with Gasteiger partial charge in [0.05, 0.1) is 10.2 Å². The third-order valence-electron chi connectivity index (χ3n) is 2.90. The van der Waals surface area contributed by atoms with Crippen LogP contribution < -0.4 is 10.1 Å². The molecule has 9 heteroatoms. The van der Waals surface area contributed by atoms with Crippen LogP contribution in [-0.4, -0.2) is 17.3 Å². The number of fused-ring (bicyclic) bond motifs is 1. The second-order valence-corrected chi connectivity index (χ2v) is 5.69. The normalized spacial score (nSPS) is 11.5. The molecule has 0 aliphatic heterocycles. The van der Waals surface area contributed by atoms with Gasteiger partial charge < -0.3 is 4.74 Å². The number of carbonyl (C=O) groups is 1. The van der Waals surface area contributed by atoms with Gasteiger partial charge in [-0.3, -0.25) is 10.1 Å². The van der Waals surface area contributed by atoms with Crippen LogP contribution in [0.3, 0.4) is 0 Å². The summed E-state index contributed by atoms with van der Waals surface area (Å²) in [6, 6.07) is 8.76. The lowest BCUT2D eigenvalue weighted by Crippen LogP contribution is -2.16. The van der Waals surface area contributed by atoms with E-state index in [-0.39, 0.29) is 16.4 Å². The van der Waals surface area contributed by atoms with Crippen molar-refractivity contribution in [2.45, 2.75) is 6.36 Å². The van der Waals surface area contributed by atoms with Crippen molar-refractivity contribution in [1.82, 2.24) is 4.98 Å². The average Bonchev–Trinajstić information content (AvgIpc) is 2.87. The standard InChI is InChI=1S/C15H8F4N2O2S/c16-9-3-1-2-8(6-9)13(22)21-14-20-11-5-4-10(7-12(11)24-14)23-15(17,18)19/h1-7H,(H,20,21,22). The SMILES string of the molecule is O=C(Nc1nc2ccc(OC(F)(F)F)cc2s1)c1cccc(F)c1. The molecule has 0 bridgehead atoms. The number of hydrogen-bond acceptors (Lipinski definition) is 4. The number of hydrogen-bond donors (Lipinski definition) is 1. The fourth-order valence-corrected chi connectivity index (χ4v) is 2.84. The lowest BCUT2D eigenvalue weighted by Gasteiger charge is -2.07. The van der Waals surface area contributed by atoms with E-state index < -0.39 is 18.1 Å². The first kappa shape index (κ1) is 16.2. The Morgan fingerprint density at radius 3 is 2.67 bits per heavy atom. The first-order valence-corrected chi connectivity index (χ1v) is 7.35. The summed E-state index contributed by atoms with van der Waals surface area (Å²) in [7, 11) is 0. The minimum absolute atomic E-state index is 0.107. The van der Waals surface area contributed by atoms with Gasteiger partial charge in [-0.2, -0.15) is 0 Å². The predicted molar refractivity (Wildman–Crippen MR) is 80.7 cm³/mol. The molecule has 1 heterocycles. The molecule has 4 nitrogen and oxygen atoms in total. The largest absolute Gasteiger partial charge is 0.573 e. The highest BCUT2D eigenvalue weighted by molar-refractivity contribution is 7.22. The topological polar surface area (TPSA) is 51.2 Å². The average molecular weight is 356 g/mol. The number of ether oxygens (including phenoxy) is 1. The van der Waals surface area contributed by atoms with Gasteiger partial charge in [0, 0.05) is 11.6 Å². The van der Waals surface area contributed by atoms with Gasteiger partial charge in [-0.05, 0) is 30.3 Å². The molecule has 0 aliphatic carbocycles. The summed E-state index contributed by atoms with van der Waals surface area (Å²) in [6.07, 6.45) is -4.78. The van der Waals surface area contributed by atoms with Crippen LogP contribution in [0.1, 0.15) is 10.4 Å². The van der Waals surface area contributed by atoms with E-state index in [1.165, 1.54) is 30.3 Å². The molecule has 24 heavy (non-hydrogen) atoms. The van der Waals surface area contributed by atoms with E-state index in [2.05, 4.69) is 15.0 Å². The molecular weight excluding hydrogens is 348 g/mol. The number of aromatic nitrogens is 1. The fourth-order valence-electron chi connectivity index (χ4n) is 1.95. The molecule has 0 saturated carbocycles. The van der Waals surface area contributed by atoms with E-state index in [0.29, 0.717) is 10.2 Å². The van der Waals surface area contributed by atoms with Gasteiger partial charge >= 0.3 is 6.36 Å². The van der Waals surface area contributed by atoms with Crippen molar-refractivity contribution in [2.24, 2.45) is 0 Å². The van der Waals surface area contributed by atoms with Crippen LogP contribution in [0.15, 0.2) is 42.5 Å². The lowest BCUT2D eigenvalue weighted by atomic mass is 10.2. The second kappa shape index (κ2) is 6.08. The number of benzene rings is 2. The van der Waals surface area contributed by atoms with Crippen LogP contribution in [0.5, 0.6) is 5.75 Å². The third-order valence-corrected chi connectivity index (χ3v) is 3.83. The molecule has 0 atom stereocenters. The minimum Gasteiger partial charge on any atom is -0.406 e. The van der Waals surface area contributed by atoms with Gasteiger partial charge in [0.2, 0.25) is 0 Å². The first-order chi connectivity index (χ1) is 11.3. The number of carbonyl (C=O) groups excluding carboxylic acids is 1. The van der Waals surface area contributed by atoms with Crippen LogP contribution in [0.2, 0.25) is 0 Å². The molecule has 124 valence electrons. The highest BCUT2D eigenvalue weighted by Crippen LogP contribution is 2.31. The lowest BCUT2D eigenvalue weighted by molar-refractivity contribution is -0.274. The van der Waals surface area contributed by atoms with Gasteiger partial charge in [-0.25, -0.2) is 9.37 Å². The Kier molecular flexibility index (Phi) is 4.10. The highest BCUT2D eigenvalue weighted by Gasteiger charge is 2.31. The highest BCUT2D eigenvalue weighted by atomic mass is 32.1. The molecule has 0 radical (unpaired) electrons. The molecule has 1 amide bonds. The van der Waals surface area contributed by atoms with Gasteiger partial charge in [0.1, 0.15) is 11.6 Å². The van der Waals surface area contributed by atoms with E-state index in [1.54, 1.807) is 0 Å². The fraction of sp³-hybridized carbons (Fsp3) is 0.0667. The molecule has 0 fully saturated rings. The first-order valence-electron chi connectivity index (χ1n) is 6.53. The Labute approximate surface area is 136 Å². The Balaban J connectivity index is 1.82. The van der Waals surface area contributed by atoms with Gasteiger partial charge in [0.25, 0.3) is 5.91 Å². The summed E-state index contributed by atoms with van der Waals surface area (Å²) in [5.41, 5.74) is 0.513. The zero-order chi connectivity index (χ0) is 17.3. The number of alkyl halides is 3. The van der Waals surface area contributed by atoms with Crippen molar-refractivity contribution in [2.75, 3.05) is 5.32 Å². The number of anilines is 1. The van der Waals surface area contributed by atoms with Crippen molar-refractivity contribution in [3.05, 3.63) is 53.8 Å². The molecular formula is C15H8F4N2O2S.